The summed E-state index contributed by atoms with van der Waals surface area (Å²) in [7, 11) is 0. The lowest BCUT2D eigenvalue weighted by molar-refractivity contribution is 0.331. The molecule has 140 valence electrons. The highest BCUT2D eigenvalue weighted by atomic mass is 15.2. The standard InChI is InChI=1S/C23H23N5/c1-2-13-27(12-1)17-18-6-5-7-20(16-18)23-24-22(25-26-23)19-8-10-21(11-9-19)28-14-3-4-15-28/h3-11,14-16H,1-2,12-13,17H2,(H,24,25,26). The summed E-state index contributed by atoms with van der Waals surface area (Å²) in [6.07, 6.45) is 6.70. The zero-order chi connectivity index (χ0) is 18.8. The number of hydrogen-bond acceptors (Lipinski definition) is 3. The van der Waals surface area contributed by atoms with Crippen LogP contribution in [-0.4, -0.2) is 37.7 Å². The molecule has 1 aliphatic heterocycles. The number of hydrogen-bond donors (Lipinski definition) is 1. The molecule has 0 spiro atoms. The highest BCUT2D eigenvalue weighted by Gasteiger charge is 2.13. The van der Waals surface area contributed by atoms with Gasteiger partial charge in [-0.2, -0.15) is 5.10 Å². The van der Waals surface area contributed by atoms with E-state index in [9.17, 15) is 0 Å². The van der Waals surface area contributed by atoms with E-state index >= 15 is 0 Å². The Kier molecular flexibility index (Phi) is 4.51. The third kappa shape index (κ3) is 3.49. The van der Waals surface area contributed by atoms with Crippen LogP contribution in [0, 0.1) is 0 Å². The summed E-state index contributed by atoms with van der Waals surface area (Å²) in [5, 5.41) is 7.54. The van der Waals surface area contributed by atoms with Gasteiger partial charge in [0.1, 0.15) is 0 Å². The fourth-order valence-electron chi connectivity index (χ4n) is 3.83. The zero-order valence-electron chi connectivity index (χ0n) is 15.8. The van der Waals surface area contributed by atoms with Gasteiger partial charge >= 0.3 is 0 Å². The molecule has 1 N–H and O–H groups in total. The number of rotatable bonds is 5. The second kappa shape index (κ2) is 7.44. The third-order valence-corrected chi connectivity index (χ3v) is 5.32. The molecule has 4 aromatic rings. The van der Waals surface area contributed by atoms with Crippen LogP contribution in [0.5, 0.6) is 0 Å². The summed E-state index contributed by atoms with van der Waals surface area (Å²) in [4.78, 5) is 7.24. The van der Waals surface area contributed by atoms with E-state index in [1.165, 1.54) is 31.5 Å². The molecule has 5 nitrogen and oxygen atoms in total. The van der Waals surface area contributed by atoms with Crippen molar-refractivity contribution >= 4 is 0 Å². The average Bonchev–Trinajstić information content (AvgIpc) is 3.50. The summed E-state index contributed by atoms with van der Waals surface area (Å²) >= 11 is 0. The van der Waals surface area contributed by atoms with Gasteiger partial charge in [-0.05, 0) is 74.0 Å². The molecule has 0 radical (unpaired) electrons. The summed E-state index contributed by atoms with van der Waals surface area (Å²) in [6.45, 7) is 3.41. The number of nitrogens with one attached hydrogen (secondary N) is 1. The smallest absolute Gasteiger partial charge is 0.181 e. The van der Waals surface area contributed by atoms with E-state index in [1.807, 2.05) is 24.5 Å². The van der Waals surface area contributed by atoms with Gasteiger partial charge in [-0.3, -0.25) is 10.00 Å². The van der Waals surface area contributed by atoms with Gasteiger partial charge < -0.3 is 4.57 Å². The van der Waals surface area contributed by atoms with Crippen LogP contribution < -0.4 is 0 Å². The van der Waals surface area contributed by atoms with Crippen molar-refractivity contribution < 1.29 is 0 Å². The molecule has 1 saturated heterocycles. The Bertz CT molecular complexity index is 1040. The predicted octanol–water partition coefficient (Wildman–Crippen LogP) is 4.53. The van der Waals surface area contributed by atoms with Gasteiger partial charge in [0.15, 0.2) is 11.6 Å². The van der Waals surface area contributed by atoms with Crippen molar-refractivity contribution in [2.45, 2.75) is 19.4 Å². The molecule has 0 unspecified atom stereocenters. The van der Waals surface area contributed by atoms with E-state index in [-0.39, 0.29) is 0 Å². The van der Waals surface area contributed by atoms with Gasteiger partial charge in [0.2, 0.25) is 0 Å². The molecular formula is C23H23N5. The molecule has 0 atom stereocenters. The highest BCUT2D eigenvalue weighted by Crippen LogP contribution is 2.23. The van der Waals surface area contributed by atoms with Gasteiger partial charge in [-0.25, -0.2) is 4.98 Å². The maximum Gasteiger partial charge on any atom is 0.181 e. The van der Waals surface area contributed by atoms with Crippen molar-refractivity contribution in [3.8, 4) is 28.5 Å². The molecule has 0 amide bonds. The maximum atomic E-state index is 4.73. The van der Waals surface area contributed by atoms with Crippen LogP contribution in [0.2, 0.25) is 0 Å². The largest absolute Gasteiger partial charge is 0.324 e. The summed E-state index contributed by atoms with van der Waals surface area (Å²) in [5.74, 6) is 1.53. The fraction of sp³-hybridized carbons (Fsp3) is 0.217. The fourth-order valence-corrected chi connectivity index (χ4v) is 3.83. The van der Waals surface area contributed by atoms with E-state index in [4.69, 9.17) is 4.98 Å². The molecule has 28 heavy (non-hydrogen) atoms. The van der Waals surface area contributed by atoms with E-state index in [0.717, 1.165) is 35.0 Å². The van der Waals surface area contributed by atoms with Crippen LogP contribution in [0.4, 0.5) is 0 Å². The molecule has 1 fully saturated rings. The maximum absolute atomic E-state index is 4.73. The Morgan fingerprint density at radius 2 is 1.64 bits per heavy atom. The minimum atomic E-state index is 0.743. The van der Waals surface area contributed by atoms with Crippen molar-refractivity contribution in [3.05, 3.63) is 78.6 Å². The predicted molar refractivity (Wildman–Crippen MR) is 111 cm³/mol. The van der Waals surface area contributed by atoms with Crippen molar-refractivity contribution in [1.29, 1.82) is 0 Å². The van der Waals surface area contributed by atoms with Crippen molar-refractivity contribution in [2.24, 2.45) is 0 Å². The molecular weight excluding hydrogens is 346 g/mol. The Balaban J connectivity index is 1.36. The van der Waals surface area contributed by atoms with Crippen LogP contribution >= 0.6 is 0 Å². The average molecular weight is 369 g/mol. The van der Waals surface area contributed by atoms with Crippen molar-refractivity contribution in [2.75, 3.05) is 13.1 Å². The quantitative estimate of drug-likeness (QED) is 0.562. The number of nitrogens with zero attached hydrogens (tertiary/aromatic N) is 4. The Labute approximate surface area is 164 Å². The van der Waals surface area contributed by atoms with E-state index < -0.39 is 0 Å². The van der Waals surface area contributed by atoms with Gasteiger partial charge in [-0.15, -0.1) is 0 Å². The first kappa shape index (κ1) is 17.0. The van der Waals surface area contributed by atoms with Crippen LogP contribution in [0.1, 0.15) is 18.4 Å². The first-order valence-electron chi connectivity index (χ1n) is 9.83. The van der Waals surface area contributed by atoms with Crippen molar-refractivity contribution in [1.82, 2.24) is 24.6 Å². The van der Waals surface area contributed by atoms with E-state index in [1.54, 1.807) is 0 Å². The number of aromatic amines is 1. The van der Waals surface area contributed by atoms with Gasteiger partial charge in [0.25, 0.3) is 0 Å². The van der Waals surface area contributed by atoms with E-state index in [0.29, 0.717) is 0 Å². The van der Waals surface area contributed by atoms with Gasteiger partial charge in [0, 0.05) is 35.8 Å². The molecule has 0 bridgehead atoms. The van der Waals surface area contributed by atoms with Crippen molar-refractivity contribution in [3.63, 3.8) is 0 Å². The number of benzene rings is 2. The van der Waals surface area contributed by atoms with Gasteiger partial charge in [0.05, 0.1) is 0 Å². The normalized spacial score (nSPS) is 14.6. The monoisotopic (exact) mass is 369 g/mol. The topological polar surface area (TPSA) is 49.7 Å². The molecule has 1 aliphatic rings. The Hall–Kier alpha value is -3.18. The van der Waals surface area contributed by atoms with Crippen LogP contribution in [-0.2, 0) is 6.54 Å². The molecule has 2 aromatic carbocycles. The lowest BCUT2D eigenvalue weighted by Gasteiger charge is -2.14. The highest BCUT2D eigenvalue weighted by molar-refractivity contribution is 5.62. The lowest BCUT2D eigenvalue weighted by Crippen LogP contribution is -2.18. The number of H-pyrrole nitrogens is 1. The van der Waals surface area contributed by atoms with Crippen LogP contribution in [0.25, 0.3) is 28.5 Å². The third-order valence-electron chi connectivity index (χ3n) is 5.32. The molecule has 0 aliphatic carbocycles. The Morgan fingerprint density at radius 1 is 0.857 bits per heavy atom. The summed E-state index contributed by atoms with van der Waals surface area (Å²) < 4.78 is 2.08. The lowest BCUT2D eigenvalue weighted by atomic mass is 10.1. The molecule has 3 heterocycles. The molecule has 5 rings (SSSR count). The summed E-state index contributed by atoms with van der Waals surface area (Å²) in [6, 6.07) is 21.0. The molecule has 2 aromatic heterocycles. The second-order valence-electron chi connectivity index (χ2n) is 7.33. The number of aromatic nitrogens is 4. The molecule has 0 saturated carbocycles. The van der Waals surface area contributed by atoms with Crippen LogP contribution in [0.3, 0.4) is 0 Å². The minimum absolute atomic E-state index is 0.743. The Morgan fingerprint density at radius 3 is 2.43 bits per heavy atom. The first-order chi connectivity index (χ1) is 13.8. The van der Waals surface area contributed by atoms with E-state index in [2.05, 4.69) is 68.2 Å². The summed E-state index contributed by atoms with van der Waals surface area (Å²) in [5.41, 5.74) is 4.54. The second-order valence-corrected chi connectivity index (χ2v) is 7.33. The minimum Gasteiger partial charge on any atom is -0.324 e. The SMILES string of the molecule is c1cc(CN2CCCC2)cc(-c2n[nH]c(-c3ccc(-n4cccc4)cc3)n2)c1. The van der Waals surface area contributed by atoms with Crippen LogP contribution in [0.15, 0.2) is 73.1 Å². The first-order valence-corrected chi connectivity index (χ1v) is 9.83. The zero-order valence-corrected chi connectivity index (χ0v) is 15.8. The number of likely N-dealkylation sites (tertiary alicyclic amines) is 1. The molecule has 5 heteroatoms. The van der Waals surface area contributed by atoms with Gasteiger partial charge in [-0.1, -0.05) is 18.2 Å².